The van der Waals surface area contributed by atoms with Crippen molar-refractivity contribution >= 4 is 22.8 Å². The molecule has 2 heterocycles. The van der Waals surface area contributed by atoms with Crippen LogP contribution in [0.15, 0.2) is 70.5 Å². The Morgan fingerprint density at radius 2 is 1.62 bits per heavy atom. The molecule has 4 N–H and O–H groups in total. The molecular formula is C21H16F3N5O3. The molecule has 0 unspecified atom stereocenters. The first-order chi connectivity index (χ1) is 15.2. The van der Waals surface area contributed by atoms with Crippen molar-refractivity contribution < 1.29 is 18.0 Å². The van der Waals surface area contributed by atoms with E-state index in [1.165, 1.54) is 17.0 Å². The maximum atomic E-state index is 13.7. The SMILES string of the molecule is O=C(NCc1ccn(-c2cc3[nH]c(=O)c(=O)[nH]c3cc2C(F)(F)F)c1)Nc1ccccc1. The van der Waals surface area contributed by atoms with Crippen LogP contribution in [0.4, 0.5) is 23.7 Å². The second-order valence-electron chi connectivity index (χ2n) is 6.92. The molecule has 0 bridgehead atoms. The lowest BCUT2D eigenvalue weighted by atomic mass is 10.1. The molecule has 2 aromatic heterocycles. The highest BCUT2D eigenvalue weighted by molar-refractivity contribution is 5.89. The summed E-state index contributed by atoms with van der Waals surface area (Å²) in [5, 5.41) is 5.27. The minimum atomic E-state index is -4.71. The first kappa shape index (κ1) is 21.0. The second-order valence-corrected chi connectivity index (χ2v) is 6.92. The number of hydrogen-bond donors (Lipinski definition) is 4. The van der Waals surface area contributed by atoms with Crippen LogP contribution in [0.25, 0.3) is 16.7 Å². The number of aromatic nitrogens is 3. The van der Waals surface area contributed by atoms with E-state index in [0.29, 0.717) is 11.3 Å². The number of alkyl halides is 3. The van der Waals surface area contributed by atoms with E-state index in [4.69, 9.17) is 0 Å². The summed E-state index contributed by atoms with van der Waals surface area (Å²) >= 11 is 0. The number of para-hydroxylation sites is 1. The molecule has 4 aromatic rings. The highest BCUT2D eigenvalue weighted by Gasteiger charge is 2.34. The van der Waals surface area contributed by atoms with Crippen molar-refractivity contribution in [2.45, 2.75) is 12.7 Å². The van der Waals surface area contributed by atoms with Crippen molar-refractivity contribution in [2.24, 2.45) is 0 Å². The average Bonchev–Trinajstić information content (AvgIpc) is 3.21. The van der Waals surface area contributed by atoms with Gasteiger partial charge in [0.1, 0.15) is 0 Å². The van der Waals surface area contributed by atoms with Crippen molar-refractivity contribution in [3.63, 3.8) is 0 Å². The van der Waals surface area contributed by atoms with Crippen molar-refractivity contribution in [2.75, 3.05) is 5.32 Å². The Bertz CT molecular complexity index is 1400. The number of anilines is 1. The van der Waals surface area contributed by atoms with Crippen LogP contribution >= 0.6 is 0 Å². The topological polar surface area (TPSA) is 112 Å². The third kappa shape index (κ3) is 4.41. The van der Waals surface area contributed by atoms with Crippen LogP contribution in [-0.2, 0) is 12.7 Å². The number of H-pyrrole nitrogens is 2. The Labute approximate surface area is 177 Å². The van der Waals surface area contributed by atoms with E-state index < -0.39 is 28.9 Å². The number of carbonyl (C=O) groups excluding carboxylic acids is 1. The predicted molar refractivity (Wildman–Crippen MR) is 112 cm³/mol. The molecule has 0 radical (unpaired) electrons. The van der Waals surface area contributed by atoms with Crippen LogP contribution in [0.3, 0.4) is 0 Å². The molecule has 0 saturated carbocycles. The van der Waals surface area contributed by atoms with Gasteiger partial charge in [-0.25, -0.2) is 4.79 Å². The Kier molecular flexibility index (Phi) is 5.31. The maximum Gasteiger partial charge on any atom is 0.418 e. The van der Waals surface area contributed by atoms with Gasteiger partial charge in [-0.1, -0.05) is 18.2 Å². The summed E-state index contributed by atoms with van der Waals surface area (Å²) in [7, 11) is 0. The van der Waals surface area contributed by atoms with Gasteiger partial charge in [0.15, 0.2) is 0 Å². The molecule has 0 saturated heterocycles. The first-order valence-electron chi connectivity index (χ1n) is 9.35. The number of urea groups is 1. The summed E-state index contributed by atoms with van der Waals surface area (Å²) in [5.74, 6) is 0. The number of benzene rings is 2. The van der Waals surface area contributed by atoms with Gasteiger partial charge in [-0.2, -0.15) is 13.2 Å². The second kappa shape index (κ2) is 8.10. The summed E-state index contributed by atoms with van der Waals surface area (Å²) in [6, 6.07) is 11.8. The molecule has 164 valence electrons. The molecular weight excluding hydrogens is 427 g/mol. The minimum absolute atomic E-state index is 0.0493. The Morgan fingerprint density at radius 3 is 2.28 bits per heavy atom. The van der Waals surface area contributed by atoms with Crippen LogP contribution in [0, 0.1) is 0 Å². The zero-order valence-corrected chi connectivity index (χ0v) is 16.3. The zero-order chi connectivity index (χ0) is 22.9. The van der Waals surface area contributed by atoms with Gasteiger partial charge in [0, 0.05) is 24.6 Å². The number of fused-ring (bicyclic) bond motifs is 1. The molecule has 0 aliphatic heterocycles. The Balaban J connectivity index is 1.60. The van der Waals surface area contributed by atoms with Gasteiger partial charge < -0.3 is 25.2 Å². The standard InChI is InChI=1S/C21H16F3N5O3/c22-21(23,24)14-8-15-16(28-19(31)18(30)27-15)9-17(14)29-7-6-12(11-29)10-25-20(32)26-13-4-2-1-3-5-13/h1-9,11H,10H2,(H,27,30)(H,28,31)(H2,25,26,32). The quantitative estimate of drug-likeness (QED) is 0.363. The van der Waals surface area contributed by atoms with Crippen molar-refractivity contribution in [1.82, 2.24) is 19.9 Å². The fourth-order valence-electron chi connectivity index (χ4n) is 3.17. The molecule has 0 aliphatic rings. The lowest BCUT2D eigenvalue weighted by molar-refractivity contribution is -0.137. The molecule has 0 atom stereocenters. The van der Waals surface area contributed by atoms with Crippen molar-refractivity contribution in [3.05, 3.63) is 92.8 Å². The minimum Gasteiger partial charge on any atom is -0.334 e. The highest BCUT2D eigenvalue weighted by Crippen LogP contribution is 2.35. The number of amides is 2. The van der Waals surface area contributed by atoms with Crippen LogP contribution < -0.4 is 21.8 Å². The summed E-state index contributed by atoms with van der Waals surface area (Å²) < 4.78 is 42.2. The number of rotatable bonds is 4. The molecule has 11 heteroatoms. The third-order valence-electron chi connectivity index (χ3n) is 4.66. The smallest absolute Gasteiger partial charge is 0.334 e. The molecule has 2 amide bonds. The van der Waals surface area contributed by atoms with E-state index in [0.717, 1.165) is 12.1 Å². The van der Waals surface area contributed by atoms with Gasteiger partial charge in [0.05, 0.1) is 22.3 Å². The first-order valence-corrected chi connectivity index (χ1v) is 9.35. The Hall–Kier alpha value is -4.28. The van der Waals surface area contributed by atoms with E-state index in [1.54, 1.807) is 36.4 Å². The van der Waals surface area contributed by atoms with Crippen LogP contribution in [0.5, 0.6) is 0 Å². The zero-order valence-electron chi connectivity index (χ0n) is 16.3. The van der Waals surface area contributed by atoms with E-state index in [-0.39, 0.29) is 23.3 Å². The van der Waals surface area contributed by atoms with Crippen molar-refractivity contribution in [1.29, 1.82) is 0 Å². The lowest BCUT2D eigenvalue weighted by Gasteiger charge is -2.15. The van der Waals surface area contributed by atoms with E-state index in [9.17, 15) is 27.6 Å². The van der Waals surface area contributed by atoms with E-state index in [1.807, 2.05) is 0 Å². The number of halogens is 3. The molecule has 0 fully saturated rings. The van der Waals surface area contributed by atoms with Gasteiger partial charge in [0.2, 0.25) is 0 Å². The summed E-state index contributed by atoms with van der Waals surface area (Å²) in [4.78, 5) is 39.5. The highest BCUT2D eigenvalue weighted by atomic mass is 19.4. The molecule has 0 aliphatic carbocycles. The predicted octanol–water partition coefficient (Wildman–Crippen LogP) is 3.35. The number of aromatic amines is 2. The molecule has 0 spiro atoms. The molecule has 4 rings (SSSR count). The van der Waals surface area contributed by atoms with Crippen molar-refractivity contribution in [3.8, 4) is 5.69 Å². The average molecular weight is 443 g/mol. The summed E-state index contributed by atoms with van der Waals surface area (Å²) in [6.07, 6.45) is -1.87. The van der Waals surface area contributed by atoms with Gasteiger partial charge in [-0.3, -0.25) is 9.59 Å². The van der Waals surface area contributed by atoms with Crippen LogP contribution in [0.2, 0.25) is 0 Å². The number of hydrogen-bond acceptors (Lipinski definition) is 3. The normalized spacial score (nSPS) is 11.5. The van der Waals surface area contributed by atoms with E-state index >= 15 is 0 Å². The van der Waals surface area contributed by atoms with E-state index in [2.05, 4.69) is 20.6 Å². The summed E-state index contributed by atoms with van der Waals surface area (Å²) in [5.41, 5.74) is -2.19. The fraction of sp³-hybridized carbons (Fsp3) is 0.0952. The third-order valence-corrected chi connectivity index (χ3v) is 4.66. The maximum absolute atomic E-state index is 13.7. The fourth-order valence-corrected chi connectivity index (χ4v) is 3.17. The van der Waals surface area contributed by atoms with Gasteiger partial charge in [-0.15, -0.1) is 0 Å². The largest absolute Gasteiger partial charge is 0.418 e. The van der Waals surface area contributed by atoms with Gasteiger partial charge in [0.25, 0.3) is 0 Å². The number of nitrogens with zero attached hydrogens (tertiary/aromatic N) is 1. The summed E-state index contributed by atoms with van der Waals surface area (Å²) in [6.45, 7) is 0.0742. The van der Waals surface area contributed by atoms with Crippen LogP contribution in [0.1, 0.15) is 11.1 Å². The molecule has 2 aromatic carbocycles. The monoisotopic (exact) mass is 443 g/mol. The van der Waals surface area contributed by atoms with Gasteiger partial charge >= 0.3 is 23.3 Å². The number of carbonyl (C=O) groups is 1. The Morgan fingerprint density at radius 1 is 0.969 bits per heavy atom. The number of nitrogens with one attached hydrogen (secondary N) is 4. The van der Waals surface area contributed by atoms with Gasteiger partial charge in [-0.05, 0) is 35.9 Å². The lowest BCUT2D eigenvalue weighted by Crippen LogP contribution is -2.29. The molecule has 8 nitrogen and oxygen atoms in total. The molecule has 32 heavy (non-hydrogen) atoms. The van der Waals surface area contributed by atoms with Crippen LogP contribution in [-0.4, -0.2) is 20.6 Å².